The molecule has 0 amide bonds. The fourth-order valence-electron chi connectivity index (χ4n) is 3.43. The first-order valence-electron chi connectivity index (χ1n) is 8.53. The molecule has 4 rings (SSSR count). The number of para-hydroxylation sites is 1. The van der Waals surface area contributed by atoms with E-state index in [0.717, 1.165) is 53.4 Å². The minimum atomic E-state index is 0.820. The molecule has 3 aromatic rings. The second kappa shape index (κ2) is 6.46. The lowest BCUT2D eigenvalue weighted by atomic mass is 10.2. The van der Waals surface area contributed by atoms with Crippen molar-refractivity contribution in [3.05, 3.63) is 45.6 Å². The Bertz CT molecular complexity index is 929. The maximum Gasteiger partial charge on any atom is 0.141 e. The van der Waals surface area contributed by atoms with Gasteiger partial charge in [0.2, 0.25) is 0 Å². The van der Waals surface area contributed by atoms with E-state index in [1.807, 2.05) is 25.1 Å². The molecule has 0 unspecified atom stereocenters. The topological polar surface area (TPSA) is 32.3 Å². The summed E-state index contributed by atoms with van der Waals surface area (Å²) in [4.78, 5) is 16.6. The molecule has 0 aliphatic carbocycles. The van der Waals surface area contributed by atoms with Gasteiger partial charge < -0.3 is 9.80 Å². The molecule has 1 saturated heterocycles. The van der Waals surface area contributed by atoms with Crippen LogP contribution in [-0.4, -0.2) is 36.1 Å². The highest BCUT2D eigenvalue weighted by Gasteiger charge is 2.23. The highest BCUT2D eigenvalue weighted by molar-refractivity contribution is 7.18. The average molecular weight is 373 g/mol. The Morgan fingerprint density at radius 1 is 0.960 bits per heavy atom. The Kier molecular flexibility index (Phi) is 4.29. The fourth-order valence-corrected chi connectivity index (χ4v) is 4.75. The number of fused-ring (bicyclic) bond motifs is 1. The van der Waals surface area contributed by atoms with Gasteiger partial charge in [0.1, 0.15) is 16.5 Å². The Morgan fingerprint density at radius 3 is 2.36 bits per heavy atom. The quantitative estimate of drug-likeness (QED) is 0.658. The molecule has 0 spiro atoms. The van der Waals surface area contributed by atoms with Crippen molar-refractivity contribution in [1.82, 2.24) is 9.97 Å². The fraction of sp³-hybridized carbons (Fsp3) is 0.368. The zero-order valence-electron chi connectivity index (χ0n) is 14.7. The van der Waals surface area contributed by atoms with Crippen LogP contribution in [0.4, 0.5) is 11.5 Å². The molecule has 25 heavy (non-hydrogen) atoms. The van der Waals surface area contributed by atoms with Gasteiger partial charge in [-0.1, -0.05) is 23.7 Å². The second-order valence-corrected chi connectivity index (χ2v) is 8.09. The minimum Gasteiger partial charge on any atom is -0.367 e. The molecule has 0 atom stereocenters. The summed E-state index contributed by atoms with van der Waals surface area (Å²) in [5, 5.41) is 2.04. The zero-order chi connectivity index (χ0) is 17.6. The van der Waals surface area contributed by atoms with E-state index < -0.39 is 0 Å². The van der Waals surface area contributed by atoms with Crippen molar-refractivity contribution in [2.75, 3.05) is 36.0 Å². The van der Waals surface area contributed by atoms with E-state index in [9.17, 15) is 0 Å². The third-order valence-electron chi connectivity index (χ3n) is 4.89. The number of thiophene rings is 1. The van der Waals surface area contributed by atoms with E-state index in [0.29, 0.717) is 0 Å². The monoisotopic (exact) mass is 372 g/mol. The number of aromatic nitrogens is 2. The largest absolute Gasteiger partial charge is 0.367 e. The number of benzene rings is 1. The highest BCUT2D eigenvalue weighted by Crippen LogP contribution is 2.35. The smallest absolute Gasteiger partial charge is 0.141 e. The van der Waals surface area contributed by atoms with Crippen molar-refractivity contribution < 1.29 is 0 Å². The molecule has 0 radical (unpaired) electrons. The van der Waals surface area contributed by atoms with Crippen LogP contribution >= 0.6 is 22.9 Å². The molecule has 0 bridgehead atoms. The average Bonchev–Trinajstić information content (AvgIpc) is 2.89. The first-order chi connectivity index (χ1) is 12.0. The summed E-state index contributed by atoms with van der Waals surface area (Å²) >= 11 is 8.12. The third-order valence-corrected chi connectivity index (χ3v) is 6.31. The molecule has 1 aliphatic rings. The van der Waals surface area contributed by atoms with Gasteiger partial charge in [0, 0.05) is 31.1 Å². The van der Waals surface area contributed by atoms with Gasteiger partial charge in [-0.2, -0.15) is 0 Å². The number of anilines is 2. The van der Waals surface area contributed by atoms with E-state index in [1.165, 1.54) is 15.8 Å². The van der Waals surface area contributed by atoms with Crippen LogP contribution in [0.25, 0.3) is 10.2 Å². The van der Waals surface area contributed by atoms with Crippen molar-refractivity contribution in [3.8, 4) is 0 Å². The third kappa shape index (κ3) is 2.96. The normalized spacial score (nSPS) is 15.2. The van der Waals surface area contributed by atoms with Crippen LogP contribution in [0, 0.1) is 20.8 Å². The molecular weight excluding hydrogens is 352 g/mol. The van der Waals surface area contributed by atoms with Crippen molar-refractivity contribution in [3.63, 3.8) is 0 Å². The number of rotatable bonds is 2. The highest BCUT2D eigenvalue weighted by atomic mass is 35.5. The van der Waals surface area contributed by atoms with Gasteiger partial charge in [-0.05, 0) is 38.5 Å². The van der Waals surface area contributed by atoms with Gasteiger partial charge in [0.25, 0.3) is 0 Å². The first-order valence-corrected chi connectivity index (χ1v) is 9.73. The van der Waals surface area contributed by atoms with Crippen molar-refractivity contribution in [2.45, 2.75) is 20.8 Å². The number of halogens is 1. The van der Waals surface area contributed by atoms with E-state index in [-0.39, 0.29) is 0 Å². The maximum atomic E-state index is 6.36. The summed E-state index contributed by atoms with van der Waals surface area (Å²) in [7, 11) is 0. The Morgan fingerprint density at radius 2 is 1.64 bits per heavy atom. The minimum absolute atomic E-state index is 0.820. The standard InChI is InChI=1S/C19H21ClN4S/c1-12-13(2)25-19-17(12)18(21-14(3)22-19)24-10-8-23(9-11-24)16-7-5-4-6-15(16)20/h4-7H,8-11H2,1-3H3. The Labute approximate surface area is 157 Å². The van der Waals surface area contributed by atoms with Crippen LogP contribution in [0.15, 0.2) is 24.3 Å². The van der Waals surface area contributed by atoms with E-state index in [1.54, 1.807) is 11.3 Å². The number of nitrogens with zero attached hydrogens (tertiary/aromatic N) is 4. The summed E-state index contributed by atoms with van der Waals surface area (Å²) < 4.78 is 0. The summed E-state index contributed by atoms with van der Waals surface area (Å²) in [6, 6.07) is 8.07. The molecule has 6 heteroatoms. The van der Waals surface area contributed by atoms with Crippen LogP contribution in [-0.2, 0) is 0 Å². The summed E-state index contributed by atoms with van der Waals surface area (Å²) in [6.07, 6.45) is 0. The molecule has 1 fully saturated rings. The van der Waals surface area contributed by atoms with Crippen LogP contribution < -0.4 is 9.80 Å². The van der Waals surface area contributed by atoms with Gasteiger partial charge >= 0.3 is 0 Å². The Balaban J connectivity index is 1.63. The Hall–Kier alpha value is -1.85. The summed E-state index contributed by atoms with van der Waals surface area (Å²) in [6.45, 7) is 10.1. The van der Waals surface area contributed by atoms with Gasteiger partial charge in [0.15, 0.2) is 0 Å². The van der Waals surface area contributed by atoms with Gasteiger partial charge in [0.05, 0.1) is 16.1 Å². The molecule has 1 aromatic carbocycles. The second-order valence-electron chi connectivity index (χ2n) is 6.48. The lowest BCUT2D eigenvalue weighted by Crippen LogP contribution is -2.47. The van der Waals surface area contributed by atoms with Gasteiger partial charge in [-0.25, -0.2) is 9.97 Å². The lowest BCUT2D eigenvalue weighted by molar-refractivity contribution is 0.648. The molecule has 130 valence electrons. The van der Waals surface area contributed by atoms with Crippen molar-refractivity contribution in [1.29, 1.82) is 0 Å². The molecule has 0 N–H and O–H groups in total. The molecular formula is C19H21ClN4S. The molecule has 4 nitrogen and oxygen atoms in total. The molecule has 3 heterocycles. The van der Waals surface area contributed by atoms with Gasteiger partial charge in [-0.15, -0.1) is 11.3 Å². The van der Waals surface area contributed by atoms with E-state index in [4.69, 9.17) is 16.6 Å². The van der Waals surface area contributed by atoms with Crippen LogP contribution in [0.2, 0.25) is 5.02 Å². The lowest BCUT2D eigenvalue weighted by Gasteiger charge is -2.37. The van der Waals surface area contributed by atoms with Crippen molar-refractivity contribution in [2.24, 2.45) is 0 Å². The molecule has 2 aromatic heterocycles. The number of hydrogen-bond donors (Lipinski definition) is 0. The number of piperazine rings is 1. The van der Waals surface area contributed by atoms with Gasteiger partial charge in [-0.3, -0.25) is 0 Å². The van der Waals surface area contributed by atoms with Crippen LogP contribution in [0.1, 0.15) is 16.3 Å². The maximum absolute atomic E-state index is 6.36. The van der Waals surface area contributed by atoms with Crippen molar-refractivity contribution >= 4 is 44.7 Å². The predicted molar refractivity (Wildman–Crippen MR) is 108 cm³/mol. The summed E-state index contributed by atoms with van der Waals surface area (Å²) in [5.41, 5.74) is 2.43. The number of aryl methyl sites for hydroxylation is 3. The van der Waals surface area contributed by atoms with E-state index in [2.05, 4.69) is 34.7 Å². The van der Waals surface area contributed by atoms with Crippen LogP contribution in [0.3, 0.4) is 0 Å². The summed E-state index contributed by atoms with van der Waals surface area (Å²) in [5.74, 6) is 1.93. The SMILES string of the molecule is Cc1nc(N2CCN(c3ccccc3Cl)CC2)c2c(C)c(C)sc2n1. The predicted octanol–water partition coefficient (Wildman–Crippen LogP) is 4.60. The van der Waals surface area contributed by atoms with Crippen LogP contribution in [0.5, 0.6) is 0 Å². The number of hydrogen-bond acceptors (Lipinski definition) is 5. The molecule has 0 saturated carbocycles. The zero-order valence-corrected chi connectivity index (χ0v) is 16.3. The van der Waals surface area contributed by atoms with E-state index >= 15 is 0 Å². The molecule has 1 aliphatic heterocycles. The first kappa shape index (κ1) is 16.6.